The molecule has 2 amide bonds. The van der Waals surface area contributed by atoms with Crippen molar-refractivity contribution in [3.8, 4) is 23.0 Å². The van der Waals surface area contributed by atoms with Gasteiger partial charge in [-0.2, -0.15) is 4.98 Å². The third-order valence-electron chi connectivity index (χ3n) is 2.61. The number of halogens is 1. The zero-order valence-corrected chi connectivity index (χ0v) is 12.9. The van der Waals surface area contributed by atoms with E-state index in [1.165, 1.54) is 7.11 Å². The number of rotatable bonds is 5. The minimum atomic E-state index is -0.802. The highest BCUT2D eigenvalue weighted by Crippen LogP contribution is 2.29. The average Bonchev–Trinajstić information content (AvgIpc) is 2.53. The molecule has 0 aliphatic carbocycles. The first-order valence-electron chi connectivity index (χ1n) is 5.97. The van der Waals surface area contributed by atoms with Crippen LogP contribution < -0.4 is 15.6 Å². The maximum atomic E-state index is 11.9. The number of amides is 2. The van der Waals surface area contributed by atoms with E-state index >= 15 is 0 Å². The third kappa shape index (κ3) is 3.31. The summed E-state index contributed by atoms with van der Waals surface area (Å²) in [5.41, 5.74) is 4.34. The Kier molecular flexibility index (Phi) is 4.89. The first-order valence-corrected chi connectivity index (χ1v) is 6.76. The standard InChI is InChI=1S/C13H11BrN4O4/c1-22-13-10(20)9(12(21)18-15-6-19)16-11(17-13)7-2-4-8(14)5-3-7/h2-6,20H,1H3,(H,15,19)(H,18,21). The lowest BCUT2D eigenvalue weighted by Gasteiger charge is -2.10. The first-order chi connectivity index (χ1) is 10.6. The van der Waals surface area contributed by atoms with E-state index in [1.807, 2.05) is 5.43 Å². The van der Waals surface area contributed by atoms with Crippen LogP contribution in [0.25, 0.3) is 11.4 Å². The van der Waals surface area contributed by atoms with Crippen molar-refractivity contribution in [3.63, 3.8) is 0 Å². The molecule has 8 nitrogen and oxygen atoms in total. The lowest BCUT2D eigenvalue weighted by Crippen LogP contribution is -2.36. The normalized spacial score (nSPS) is 9.91. The molecule has 9 heteroatoms. The number of aromatic nitrogens is 2. The molecule has 0 saturated carbocycles. The summed E-state index contributed by atoms with van der Waals surface area (Å²) in [7, 11) is 1.30. The molecule has 22 heavy (non-hydrogen) atoms. The van der Waals surface area contributed by atoms with Crippen molar-refractivity contribution in [2.45, 2.75) is 0 Å². The summed E-state index contributed by atoms with van der Waals surface area (Å²) in [6.07, 6.45) is 0.281. The number of nitrogens with one attached hydrogen (secondary N) is 2. The van der Waals surface area contributed by atoms with E-state index in [0.29, 0.717) is 5.56 Å². The smallest absolute Gasteiger partial charge is 0.292 e. The largest absolute Gasteiger partial charge is 0.501 e. The minimum absolute atomic E-state index is 0.149. The molecule has 0 aliphatic heterocycles. The van der Waals surface area contributed by atoms with E-state index in [1.54, 1.807) is 24.3 Å². The minimum Gasteiger partial charge on any atom is -0.501 e. The fourth-order valence-electron chi connectivity index (χ4n) is 1.62. The molecule has 0 unspecified atom stereocenters. The number of methoxy groups -OCH3 is 1. The summed E-state index contributed by atoms with van der Waals surface area (Å²) in [6.45, 7) is 0. The number of ether oxygens (including phenoxy) is 1. The molecule has 1 aromatic heterocycles. The molecule has 2 aromatic rings. The van der Waals surface area contributed by atoms with Crippen LogP contribution >= 0.6 is 15.9 Å². The van der Waals surface area contributed by atoms with Crippen LogP contribution in [0, 0.1) is 0 Å². The van der Waals surface area contributed by atoms with Crippen LogP contribution in [-0.4, -0.2) is 34.5 Å². The molecule has 3 N–H and O–H groups in total. The predicted octanol–water partition coefficient (Wildman–Crippen LogP) is 1.01. The van der Waals surface area contributed by atoms with Crippen LogP contribution in [0.1, 0.15) is 10.5 Å². The van der Waals surface area contributed by atoms with Crippen LogP contribution in [0.15, 0.2) is 28.7 Å². The molecule has 1 heterocycles. The van der Waals surface area contributed by atoms with Crippen LogP contribution in [0.3, 0.4) is 0 Å². The van der Waals surface area contributed by atoms with Crippen molar-refractivity contribution in [2.24, 2.45) is 0 Å². The maximum Gasteiger partial charge on any atom is 0.292 e. The van der Waals surface area contributed by atoms with Gasteiger partial charge in [-0.15, -0.1) is 0 Å². The lowest BCUT2D eigenvalue weighted by atomic mass is 10.2. The molecule has 0 atom stereocenters. The summed E-state index contributed by atoms with van der Waals surface area (Å²) in [4.78, 5) is 30.2. The van der Waals surface area contributed by atoms with Gasteiger partial charge in [0.15, 0.2) is 11.5 Å². The van der Waals surface area contributed by atoms with Gasteiger partial charge in [0.25, 0.3) is 11.8 Å². The summed E-state index contributed by atoms with van der Waals surface area (Å²) in [5, 5.41) is 9.94. The highest BCUT2D eigenvalue weighted by molar-refractivity contribution is 9.10. The number of hydrogen-bond donors (Lipinski definition) is 3. The van der Waals surface area contributed by atoms with Crippen LogP contribution in [0.5, 0.6) is 11.6 Å². The van der Waals surface area contributed by atoms with E-state index in [2.05, 4.69) is 31.3 Å². The Balaban J connectivity index is 2.49. The Hall–Kier alpha value is -2.68. The summed E-state index contributed by atoms with van der Waals surface area (Å²) in [5.74, 6) is -1.28. The topological polar surface area (TPSA) is 113 Å². The van der Waals surface area contributed by atoms with Gasteiger partial charge in [0.05, 0.1) is 7.11 Å². The average molecular weight is 367 g/mol. The molecule has 0 spiro atoms. The number of carbonyl (C=O) groups excluding carboxylic acids is 2. The van der Waals surface area contributed by atoms with Gasteiger partial charge in [0.2, 0.25) is 12.2 Å². The number of benzene rings is 1. The Bertz CT molecular complexity index is 706. The Labute approximate surface area is 133 Å². The third-order valence-corrected chi connectivity index (χ3v) is 3.14. The van der Waals surface area contributed by atoms with Gasteiger partial charge in [0, 0.05) is 10.0 Å². The quantitative estimate of drug-likeness (QED) is 0.537. The van der Waals surface area contributed by atoms with Crippen molar-refractivity contribution >= 4 is 28.2 Å². The van der Waals surface area contributed by atoms with Gasteiger partial charge < -0.3 is 9.84 Å². The maximum absolute atomic E-state index is 11.9. The van der Waals surface area contributed by atoms with Gasteiger partial charge in [-0.25, -0.2) is 4.98 Å². The number of carbonyl (C=O) groups is 2. The molecular formula is C13H11BrN4O4. The van der Waals surface area contributed by atoms with Gasteiger partial charge in [-0.05, 0) is 12.1 Å². The monoisotopic (exact) mass is 366 g/mol. The highest BCUT2D eigenvalue weighted by atomic mass is 79.9. The molecule has 0 radical (unpaired) electrons. The van der Waals surface area contributed by atoms with E-state index in [-0.39, 0.29) is 23.8 Å². The van der Waals surface area contributed by atoms with E-state index in [4.69, 9.17) is 4.74 Å². The van der Waals surface area contributed by atoms with Crippen LogP contribution in [-0.2, 0) is 4.79 Å². The second kappa shape index (κ2) is 6.85. The molecule has 2 rings (SSSR count). The van der Waals surface area contributed by atoms with E-state index in [0.717, 1.165) is 4.47 Å². The Morgan fingerprint density at radius 1 is 1.32 bits per heavy atom. The van der Waals surface area contributed by atoms with E-state index in [9.17, 15) is 14.7 Å². The van der Waals surface area contributed by atoms with Crippen molar-refractivity contribution < 1.29 is 19.4 Å². The molecule has 114 valence electrons. The SMILES string of the molecule is COc1nc(-c2ccc(Br)cc2)nc(C(=O)NNC=O)c1O. The van der Waals surface area contributed by atoms with Crippen LogP contribution in [0.2, 0.25) is 0 Å². The molecule has 0 saturated heterocycles. The van der Waals surface area contributed by atoms with Crippen molar-refractivity contribution in [2.75, 3.05) is 7.11 Å². The van der Waals surface area contributed by atoms with Gasteiger partial charge >= 0.3 is 0 Å². The molecule has 0 fully saturated rings. The van der Waals surface area contributed by atoms with Crippen LogP contribution in [0.4, 0.5) is 0 Å². The van der Waals surface area contributed by atoms with E-state index < -0.39 is 11.7 Å². The fraction of sp³-hybridized carbons (Fsp3) is 0.0769. The summed E-state index contributed by atoms with van der Waals surface area (Å²) >= 11 is 3.31. The summed E-state index contributed by atoms with van der Waals surface area (Å²) < 4.78 is 5.82. The Morgan fingerprint density at radius 2 is 2.00 bits per heavy atom. The van der Waals surface area contributed by atoms with Crippen molar-refractivity contribution in [3.05, 3.63) is 34.4 Å². The second-order valence-electron chi connectivity index (χ2n) is 3.98. The van der Waals surface area contributed by atoms with Crippen molar-refractivity contribution in [1.29, 1.82) is 0 Å². The number of hydrogen-bond acceptors (Lipinski definition) is 6. The first kappa shape index (κ1) is 15.7. The summed E-state index contributed by atoms with van der Waals surface area (Å²) in [6, 6.07) is 7.04. The number of aromatic hydroxyl groups is 1. The highest BCUT2D eigenvalue weighted by Gasteiger charge is 2.21. The molecule has 1 aromatic carbocycles. The molecular weight excluding hydrogens is 356 g/mol. The van der Waals surface area contributed by atoms with Gasteiger partial charge in [-0.1, -0.05) is 28.1 Å². The fourth-order valence-corrected chi connectivity index (χ4v) is 1.88. The second-order valence-corrected chi connectivity index (χ2v) is 4.89. The van der Waals surface area contributed by atoms with Gasteiger partial charge in [0.1, 0.15) is 0 Å². The molecule has 0 aliphatic rings. The zero-order chi connectivity index (χ0) is 16.1. The number of hydrazine groups is 1. The van der Waals surface area contributed by atoms with Crippen molar-refractivity contribution in [1.82, 2.24) is 20.8 Å². The number of nitrogens with zero attached hydrogens (tertiary/aromatic N) is 2. The lowest BCUT2D eigenvalue weighted by molar-refractivity contribution is -0.110. The predicted molar refractivity (Wildman–Crippen MR) is 80.1 cm³/mol. The Morgan fingerprint density at radius 3 is 2.59 bits per heavy atom. The zero-order valence-electron chi connectivity index (χ0n) is 11.3. The molecule has 0 bridgehead atoms. The van der Waals surface area contributed by atoms with Gasteiger partial charge in [-0.3, -0.25) is 20.4 Å².